The van der Waals surface area contributed by atoms with Crippen LogP contribution in [-0.4, -0.2) is 27.5 Å². The Bertz CT molecular complexity index is 688. The minimum absolute atomic E-state index is 0.165. The molecule has 0 spiro atoms. The summed E-state index contributed by atoms with van der Waals surface area (Å²) in [6.07, 6.45) is 1.97. The van der Waals surface area contributed by atoms with Gasteiger partial charge in [-0.05, 0) is 18.8 Å². The van der Waals surface area contributed by atoms with Crippen molar-refractivity contribution < 1.29 is 22.4 Å². The second-order valence-electron chi connectivity index (χ2n) is 7.37. The molecule has 8 heteroatoms. The molecule has 0 aromatic carbocycles. The number of alkyl halides is 4. The summed E-state index contributed by atoms with van der Waals surface area (Å²) in [6, 6.07) is 0. The highest BCUT2D eigenvalue weighted by atomic mass is 19.3. The van der Waals surface area contributed by atoms with Crippen molar-refractivity contribution in [1.29, 1.82) is 0 Å². The van der Waals surface area contributed by atoms with E-state index < -0.39 is 30.1 Å². The van der Waals surface area contributed by atoms with Crippen molar-refractivity contribution in [3.05, 3.63) is 11.3 Å². The van der Waals surface area contributed by atoms with Gasteiger partial charge in [-0.25, -0.2) is 17.6 Å². The van der Waals surface area contributed by atoms with E-state index in [9.17, 15) is 22.4 Å². The molecule has 3 aliphatic carbocycles. The van der Waals surface area contributed by atoms with Crippen molar-refractivity contribution in [1.82, 2.24) is 9.78 Å². The van der Waals surface area contributed by atoms with Gasteiger partial charge in [0.1, 0.15) is 5.92 Å². The minimum Gasteiger partial charge on any atom is -0.309 e. The topological polar surface area (TPSA) is 46.9 Å². The van der Waals surface area contributed by atoms with Crippen molar-refractivity contribution in [2.24, 2.45) is 13.0 Å². The van der Waals surface area contributed by atoms with Gasteiger partial charge >= 0.3 is 0 Å². The van der Waals surface area contributed by atoms with Crippen LogP contribution in [0.4, 0.5) is 23.4 Å². The number of nitrogens with zero attached hydrogens (tertiary/aromatic N) is 2. The molecule has 0 saturated heterocycles. The number of halogens is 4. The molecular weight excluding hydrogens is 326 g/mol. The first kappa shape index (κ1) is 15.9. The van der Waals surface area contributed by atoms with Gasteiger partial charge in [-0.1, -0.05) is 6.42 Å². The third-order valence-corrected chi connectivity index (χ3v) is 5.50. The summed E-state index contributed by atoms with van der Waals surface area (Å²) in [6.45, 7) is 0. The monoisotopic (exact) mass is 345 g/mol. The number of anilines is 1. The molecule has 4 rings (SSSR count). The van der Waals surface area contributed by atoms with Crippen molar-refractivity contribution >= 4 is 11.7 Å². The molecule has 0 radical (unpaired) electrons. The first-order valence-electron chi connectivity index (χ1n) is 8.31. The van der Waals surface area contributed by atoms with Crippen LogP contribution in [0.5, 0.6) is 0 Å². The molecule has 0 bridgehead atoms. The van der Waals surface area contributed by atoms with Crippen molar-refractivity contribution in [2.75, 3.05) is 5.32 Å². The molecule has 132 valence electrons. The van der Waals surface area contributed by atoms with E-state index in [1.807, 2.05) is 0 Å². The Morgan fingerprint density at radius 1 is 1.17 bits per heavy atom. The lowest BCUT2D eigenvalue weighted by atomic mass is 9.72. The van der Waals surface area contributed by atoms with Gasteiger partial charge in [0.15, 0.2) is 5.82 Å². The first-order valence-corrected chi connectivity index (χ1v) is 8.31. The van der Waals surface area contributed by atoms with E-state index in [-0.39, 0.29) is 30.5 Å². The minimum atomic E-state index is -2.94. The molecule has 0 aliphatic heterocycles. The quantitative estimate of drug-likeness (QED) is 0.844. The SMILES string of the molecule is Cn1nc(NC(=O)C2CC2(F)F)c(C2CCC2)c1C1CC(F)(F)C1. The van der Waals surface area contributed by atoms with Gasteiger partial charge in [0, 0.05) is 43.5 Å². The fraction of sp³-hybridized carbons (Fsp3) is 0.750. The Kier molecular flexibility index (Phi) is 3.28. The average Bonchev–Trinajstić information content (AvgIpc) is 2.91. The van der Waals surface area contributed by atoms with Crippen molar-refractivity contribution in [3.8, 4) is 0 Å². The van der Waals surface area contributed by atoms with E-state index >= 15 is 0 Å². The lowest BCUT2D eigenvalue weighted by molar-refractivity contribution is -0.119. The van der Waals surface area contributed by atoms with E-state index in [0.717, 1.165) is 30.5 Å². The number of carbonyl (C=O) groups is 1. The smallest absolute Gasteiger partial charge is 0.260 e. The van der Waals surface area contributed by atoms with Crippen LogP contribution in [0.15, 0.2) is 0 Å². The Balaban J connectivity index is 1.61. The fourth-order valence-corrected chi connectivity index (χ4v) is 3.79. The zero-order valence-corrected chi connectivity index (χ0v) is 13.3. The fourth-order valence-electron chi connectivity index (χ4n) is 3.79. The molecule has 24 heavy (non-hydrogen) atoms. The molecule has 1 aromatic heterocycles. The highest BCUT2D eigenvalue weighted by molar-refractivity contribution is 5.95. The van der Waals surface area contributed by atoms with Crippen LogP contribution >= 0.6 is 0 Å². The van der Waals surface area contributed by atoms with Gasteiger partial charge in [-0.3, -0.25) is 9.48 Å². The lowest BCUT2D eigenvalue weighted by Crippen LogP contribution is -2.35. The predicted molar refractivity (Wildman–Crippen MR) is 78.4 cm³/mol. The van der Waals surface area contributed by atoms with E-state index in [1.165, 1.54) is 4.68 Å². The zero-order chi connectivity index (χ0) is 17.3. The normalized spacial score (nSPS) is 28.1. The van der Waals surface area contributed by atoms with E-state index in [4.69, 9.17) is 0 Å². The second-order valence-corrected chi connectivity index (χ2v) is 7.37. The summed E-state index contributed by atoms with van der Waals surface area (Å²) in [4.78, 5) is 12.0. The summed E-state index contributed by atoms with van der Waals surface area (Å²) in [5.41, 5.74) is 1.50. The maximum atomic E-state index is 13.3. The first-order chi connectivity index (χ1) is 11.2. The van der Waals surface area contributed by atoms with Gasteiger partial charge in [0.25, 0.3) is 5.92 Å². The summed E-state index contributed by atoms with van der Waals surface area (Å²) < 4.78 is 54.2. The van der Waals surface area contributed by atoms with Gasteiger partial charge in [0.2, 0.25) is 11.8 Å². The number of rotatable bonds is 4. The van der Waals surface area contributed by atoms with Gasteiger partial charge in [-0.2, -0.15) is 5.10 Å². The average molecular weight is 345 g/mol. The Labute approximate surface area is 136 Å². The molecule has 1 atom stereocenters. The summed E-state index contributed by atoms with van der Waals surface area (Å²) in [7, 11) is 1.66. The number of aryl methyl sites for hydroxylation is 1. The Morgan fingerprint density at radius 3 is 2.25 bits per heavy atom. The van der Waals surface area contributed by atoms with Crippen LogP contribution in [0.1, 0.15) is 61.6 Å². The number of hydrogen-bond acceptors (Lipinski definition) is 2. The predicted octanol–water partition coefficient (Wildman–Crippen LogP) is 3.79. The van der Waals surface area contributed by atoms with Crippen LogP contribution in [0.2, 0.25) is 0 Å². The van der Waals surface area contributed by atoms with Crippen LogP contribution in [0.25, 0.3) is 0 Å². The maximum absolute atomic E-state index is 13.3. The molecule has 1 heterocycles. The number of carbonyl (C=O) groups excluding carboxylic acids is 1. The highest BCUT2D eigenvalue weighted by Gasteiger charge is 2.61. The molecular formula is C16H19F4N3O. The summed E-state index contributed by atoms with van der Waals surface area (Å²) >= 11 is 0. The standard InChI is InChI=1S/C16H19F4N3O/c1-23-12(9-5-15(17,18)6-9)11(8-3-2-4-8)13(22-23)21-14(24)10-7-16(10,19)20/h8-10H,2-7H2,1H3,(H,21,22,24). The number of hydrogen-bond donors (Lipinski definition) is 1. The Morgan fingerprint density at radius 2 is 1.79 bits per heavy atom. The van der Waals surface area contributed by atoms with Crippen molar-refractivity contribution in [2.45, 2.75) is 62.2 Å². The molecule has 1 unspecified atom stereocenters. The van der Waals surface area contributed by atoms with Gasteiger partial charge in [-0.15, -0.1) is 0 Å². The van der Waals surface area contributed by atoms with E-state index in [2.05, 4.69) is 10.4 Å². The van der Waals surface area contributed by atoms with Crippen LogP contribution in [0.3, 0.4) is 0 Å². The second kappa shape index (κ2) is 4.95. The van der Waals surface area contributed by atoms with Crippen LogP contribution < -0.4 is 5.32 Å². The maximum Gasteiger partial charge on any atom is 0.260 e. The van der Waals surface area contributed by atoms with Gasteiger partial charge in [0.05, 0.1) is 0 Å². The molecule has 4 nitrogen and oxygen atoms in total. The largest absolute Gasteiger partial charge is 0.309 e. The number of nitrogens with one attached hydrogen (secondary N) is 1. The van der Waals surface area contributed by atoms with Crippen LogP contribution in [-0.2, 0) is 11.8 Å². The third kappa shape index (κ3) is 2.50. The number of amides is 1. The molecule has 1 amide bonds. The van der Waals surface area contributed by atoms with Crippen LogP contribution in [0, 0.1) is 5.92 Å². The lowest BCUT2D eigenvalue weighted by Gasteiger charge is -2.37. The van der Waals surface area contributed by atoms with Gasteiger partial charge < -0.3 is 5.32 Å². The molecule has 3 fully saturated rings. The third-order valence-electron chi connectivity index (χ3n) is 5.50. The number of aromatic nitrogens is 2. The van der Waals surface area contributed by atoms with E-state index in [1.54, 1.807) is 7.05 Å². The summed E-state index contributed by atoms with van der Waals surface area (Å²) in [5.74, 6) is -7.46. The molecule has 1 aromatic rings. The molecule has 1 N–H and O–H groups in total. The van der Waals surface area contributed by atoms with Crippen molar-refractivity contribution in [3.63, 3.8) is 0 Å². The highest BCUT2D eigenvalue weighted by Crippen LogP contribution is 2.53. The Hall–Kier alpha value is -1.60. The zero-order valence-electron chi connectivity index (χ0n) is 13.3. The molecule has 3 aliphatic rings. The molecule has 3 saturated carbocycles. The summed E-state index contributed by atoms with van der Waals surface area (Å²) in [5, 5.41) is 6.78. The van der Waals surface area contributed by atoms with E-state index in [0.29, 0.717) is 0 Å².